The van der Waals surface area contributed by atoms with Crippen molar-refractivity contribution in [2.75, 3.05) is 45.5 Å². The number of hydrogen-bond acceptors (Lipinski definition) is 8. The molecule has 11 heteroatoms. The van der Waals surface area contributed by atoms with Gasteiger partial charge in [0.05, 0.1) is 26.2 Å². The molecular weight excluding hydrogens is 571 g/mol. The summed E-state index contributed by atoms with van der Waals surface area (Å²) in [6.45, 7) is 3.98. The molecule has 1 amide bonds. The molecule has 3 atom stereocenters. The number of aliphatic hydroxyl groups excluding tert-OH is 1. The summed E-state index contributed by atoms with van der Waals surface area (Å²) in [4.78, 5) is 28.5. The van der Waals surface area contributed by atoms with Crippen molar-refractivity contribution in [3.05, 3.63) is 76.6 Å². The van der Waals surface area contributed by atoms with Gasteiger partial charge in [0.2, 0.25) is 18.4 Å². The molecule has 0 aliphatic carbocycles. The van der Waals surface area contributed by atoms with Gasteiger partial charge in [-0.1, -0.05) is 26.0 Å². The number of amides is 1. The number of hydrogen-bond donors (Lipinski definition) is 3. The number of anilines is 1. The minimum atomic E-state index is -1.01. The van der Waals surface area contributed by atoms with E-state index >= 15 is 0 Å². The van der Waals surface area contributed by atoms with Crippen LogP contribution in [0.2, 0.25) is 0 Å². The van der Waals surface area contributed by atoms with Crippen LogP contribution in [0.3, 0.4) is 0 Å². The zero-order valence-electron chi connectivity index (χ0n) is 25.0. The number of benzene rings is 3. The number of nitrogens with one attached hydrogen (secondary N) is 1. The fourth-order valence-electron chi connectivity index (χ4n) is 6.22. The smallest absolute Gasteiger partial charge is 0.309 e. The number of nitrogens with zero attached hydrogens (tertiary/aromatic N) is 1. The molecule has 2 aliphatic rings. The van der Waals surface area contributed by atoms with E-state index in [0.717, 1.165) is 0 Å². The number of rotatable bonds is 12. The molecular formula is C33H37FN2O8. The Bertz CT molecular complexity index is 1490. The maximum Gasteiger partial charge on any atom is 0.309 e. The van der Waals surface area contributed by atoms with Crippen molar-refractivity contribution < 1.29 is 43.1 Å². The highest BCUT2D eigenvalue weighted by molar-refractivity contribution is 5.94. The van der Waals surface area contributed by atoms with Gasteiger partial charge in [-0.25, -0.2) is 4.39 Å². The van der Waals surface area contributed by atoms with E-state index in [9.17, 15) is 19.1 Å². The molecule has 3 aromatic rings. The first kappa shape index (κ1) is 31.1. The Morgan fingerprint density at radius 1 is 1.05 bits per heavy atom. The number of likely N-dealkylation sites (tertiary alicyclic amines) is 1. The molecule has 2 heterocycles. The molecule has 234 valence electrons. The summed E-state index contributed by atoms with van der Waals surface area (Å²) >= 11 is 0. The number of ether oxygens (including phenoxy) is 4. The van der Waals surface area contributed by atoms with Crippen LogP contribution in [0.5, 0.6) is 23.0 Å². The molecule has 2 aliphatic heterocycles. The Morgan fingerprint density at radius 2 is 1.75 bits per heavy atom. The second-order valence-electron chi connectivity index (χ2n) is 10.8. The molecule has 3 N–H and O–H groups in total. The van der Waals surface area contributed by atoms with E-state index < -0.39 is 23.8 Å². The predicted molar refractivity (Wildman–Crippen MR) is 160 cm³/mol. The summed E-state index contributed by atoms with van der Waals surface area (Å²) in [5, 5.41) is 22.7. The highest BCUT2D eigenvalue weighted by Crippen LogP contribution is 2.50. The molecule has 0 saturated carbocycles. The van der Waals surface area contributed by atoms with Gasteiger partial charge >= 0.3 is 5.97 Å². The van der Waals surface area contributed by atoms with Crippen molar-refractivity contribution in [2.24, 2.45) is 5.92 Å². The van der Waals surface area contributed by atoms with E-state index in [4.69, 9.17) is 24.1 Å². The van der Waals surface area contributed by atoms with E-state index in [1.807, 2.05) is 18.7 Å². The van der Waals surface area contributed by atoms with Gasteiger partial charge in [0.15, 0.2) is 11.5 Å². The molecule has 44 heavy (non-hydrogen) atoms. The van der Waals surface area contributed by atoms with E-state index in [1.54, 1.807) is 36.4 Å². The summed E-state index contributed by atoms with van der Waals surface area (Å²) in [5.41, 5.74) is 3.37. The largest absolute Gasteiger partial charge is 0.493 e. The van der Waals surface area contributed by atoms with Crippen LogP contribution in [0, 0.1) is 11.7 Å². The number of halogens is 1. The van der Waals surface area contributed by atoms with Crippen LogP contribution in [0.4, 0.5) is 10.1 Å². The van der Waals surface area contributed by atoms with Crippen molar-refractivity contribution in [1.29, 1.82) is 0 Å². The van der Waals surface area contributed by atoms with Gasteiger partial charge in [-0.2, -0.15) is 0 Å². The highest BCUT2D eigenvalue weighted by atomic mass is 19.1. The van der Waals surface area contributed by atoms with Crippen molar-refractivity contribution in [1.82, 2.24) is 4.90 Å². The first-order valence-electron chi connectivity index (χ1n) is 14.7. The molecule has 0 bridgehead atoms. The fourth-order valence-corrected chi connectivity index (χ4v) is 6.22. The monoisotopic (exact) mass is 608 g/mol. The quantitative estimate of drug-likeness (QED) is 0.272. The minimum Gasteiger partial charge on any atom is -0.493 e. The second kappa shape index (κ2) is 13.5. The molecule has 1 saturated heterocycles. The zero-order chi connectivity index (χ0) is 31.4. The van der Waals surface area contributed by atoms with Gasteiger partial charge in [0.1, 0.15) is 18.2 Å². The lowest BCUT2D eigenvalue weighted by atomic mass is 9.82. The molecule has 10 nitrogen and oxygen atoms in total. The van der Waals surface area contributed by atoms with Crippen LogP contribution >= 0.6 is 0 Å². The van der Waals surface area contributed by atoms with Gasteiger partial charge < -0.3 is 34.5 Å². The van der Waals surface area contributed by atoms with E-state index in [-0.39, 0.29) is 44.8 Å². The molecule has 5 rings (SSSR count). The number of aryl methyl sites for hydroxylation is 2. The Morgan fingerprint density at radius 3 is 2.36 bits per heavy atom. The van der Waals surface area contributed by atoms with Crippen LogP contribution in [-0.2, 0) is 22.4 Å². The van der Waals surface area contributed by atoms with Crippen LogP contribution < -0.4 is 24.3 Å². The van der Waals surface area contributed by atoms with Crippen LogP contribution in [0.25, 0.3) is 0 Å². The van der Waals surface area contributed by atoms with Gasteiger partial charge in [0, 0.05) is 24.2 Å². The standard InChI is InChI=1S/C33H37FN2O8/c1-4-19-12-23(34)13-20(5-2)30(19)35-28(38)17-36-16-25(22-14-26(41-3)32-27(15-22)43-18-44-32)29(33(39)40)31(36)21-6-8-24(9-7-21)42-11-10-37/h6-9,12-15,25,29,31,37H,4-5,10-11,16-18H2,1-3H3,(H,35,38)(H,39,40)/t25-,29?,31+/m1/s1. The third kappa shape index (κ3) is 6.29. The third-order valence-corrected chi connectivity index (χ3v) is 8.21. The Labute approximate surface area is 255 Å². The molecule has 0 spiro atoms. The Kier molecular flexibility index (Phi) is 9.55. The fraction of sp³-hybridized carbons (Fsp3) is 0.394. The average molecular weight is 609 g/mol. The zero-order valence-corrected chi connectivity index (χ0v) is 25.0. The molecule has 1 unspecified atom stereocenters. The molecule has 1 fully saturated rings. The van der Waals surface area contributed by atoms with E-state index in [0.29, 0.717) is 63.8 Å². The van der Waals surface area contributed by atoms with Gasteiger partial charge in [0.25, 0.3) is 0 Å². The molecule has 0 radical (unpaired) electrons. The number of aliphatic carboxylic acids is 1. The van der Waals surface area contributed by atoms with Crippen LogP contribution in [0.1, 0.15) is 48.1 Å². The SMILES string of the molecule is CCc1cc(F)cc(CC)c1NC(=O)CN1C[C@H](c2cc(OC)c3c(c2)OCO3)C(C(=O)O)[C@@H]1c1ccc(OCCO)cc1. The first-order valence-corrected chi connectivity index (χ1v) is 14.7. The minimum absolute atomic E-state index is 0.0324. The number of carboxylic acid groups (broad SMARTS) is 1. The summed E-state index contributed by atoms with van der Waals surface area (Å²) in [7, 11) is 1.51. The number of carbonyl (C=O) groups excluding carboxylic acids is 1. The van der Waals surface area contributed by atoms with Gasteiger partial charge in [-0.15, -0.1) is 0 Å². The highest BCUT2D eigenvalue weighted by Gasteiger charge is 2.48. The third-order valence-electron chi connectivity index (χ3n) is 8.21. The number of fused-ring (bicyclic) bond motifs is 1. The Hall–Kier alpha value is -4.35. The van der Waals surface area contributed by atoms with Crippen molar-refractivity contribution >= 4 is 17.6 Å². The van der Waals surface area contributed by atoms with Crippen LogP contribution in [-0.4, -0.2) is 67.2 Å². The van der Waals surface area contributed by atoms with Gasteiger partial charge in [-0.05, 0) is 71.5 Å². The number of aliphatic hydroxyl groups is 1. The maximum atomic E-state index is 14.2. The van der Waals surface area contributed by atoms with Gasteiger partial charge in [-0.3, -0.25) is 14.5 Å². The average Bonchev–Trinajstić information content (AvgIpc) is 3.65. The van der Waals surface area contributed by atoms with E-state index in [2.05, 4.69) is 5.32 Å². The summed E-state index contributed by atoms with van der Waals surface area (Å²) in [6, 6.07) is 12.7. The Balaban J connectivity index is 1.51. The first-order chi connectivity index (χ1) is 21.3. The van der Waals surface area contributed by atoms with E-state index in [1.165, 1.54) is 19.2 Å². The maximum absolute atomic E-state index is 14.2. The lowest BCUT2D eigenvalue weighted by molar-refractivity contribution is -0.143. The number of carbonyl (C=O) groups is 2. The van der Waals surface area contributed by atoms with Crippen molar-refractivity contribution in [2.45, 2.75) is 38.6 Å². The van der Waals surface area contributed by atoms with Crippen LogP contribution in [0.15, 0.2) is 48.5 Å². The number of carboxylic acids is 1. The molecule has 3 aromatic carbocycles. The lowest BCUT2D eigenvalue weighted by Gasteiger charge is -2.27. The van der Waals surface area contributed by atoms with Crippen molar-refractivity contribution in [3.63, 3.8) is 0 Å². The second-order valence-corrected chi connectivity index (χ2v) is 10.8. The normalized spacial score (nSPS) is 19.2. The number of methoxy groups -OCH3 is 1. The predicted octanol–water partition coefficient (Wildman–Crippen LogP) is 4.54. The lowest BCUT2D eigenvalue weighted by Crippen LogP contribution is -2.35. The van der Waals surface area contributed by atoms with Crippen molar-refractivity contribution in [3.8, 4) is 23.0 Å². The topological polar surface area (TPSA) is 127 Å². The summed E-state index contributed by atoms with van der Waals surface area (Å²) in [6.07, 6.45) is 1.07. The summed E-state index contributed by atoms with van der Waals surface area (Å²) in [5.74, 6) is -1.25. The molecule has 0 aromatic heterocycles. The summed E-state index contributed by atoms with van der Waals surface area (Å²) < 4.78 is 36.4.